The number of carbonyl (C=O) groups excluding carboxylic acids is 1. The third-order valence-corrected chi connectivity index (χ3v) is 6.09. The van der Waals surface area contributed by atoms with Crippen molar-refractivity contribution in [1.29, 1.82) is 0 Å². The first kappa shape index (κ1) is 19.9. The summed E-state index contributed by atoms with van der Waals surface area (Å²) in [6.45, 7) is 1.89. The second-order valence-corrected chi connectivity index (χ2v) is 8.56. The van der Waals surface area contributed by atoms with E-state index >= 15 is 0 Å². The van der Waals surface area contributed by atoms with E-state index in [9.17, 15) is 13.2 Å². The highest BCUT2D eigenvalue weighted by molar-refractivity contribution is 7.91. The Hall–Kier alpha value is -2.83. The van der Waals surface area contributed by atoms with E-state index in [1.807, 2.05) is 13.0 Å². The van der Waals surface area contributed by atoms with Crippen LogP contribution in [-0.4, -0.2) is 21.4 Å². The monoisotopic (exact) mass is 415 g/mol. The van der Waals surface area contributed by atoms with Crippen LogP contribution in [0.5, 0.6) is 5.75 Å². The van der Waals surface area contributed by atoms with Gasteiger partial charge in [-0.3, -0.25) is 4.79 Å². The number of benzene rings is 3. The van der Waals surface area contributed by atoms with Crippen molar-refractivity contribution in [1.82, 2.24) is 0 Å². The fourth-order valence-corrected chi connectivity index (χ4v) is 4.10. The van der Waals surface area contributed by atoms with Crippen molar-refractivity contribution in [3.8, 4) is 5.75 Å². The van der Waals surface area contributed by atoms with Crippen LogP contribution in [0.25, 0.3) is 0 Å². The quantitative estimate of drug-likeness (QED) is 0.653. The maximum atomic E-state index is 13.0. The summed E-state index contributed by atoms with van der Waals surface area (Å²) in [5, 5.41) is 3.17. The molecule has 3 aromatic rings. The Morgan fingerprint density at radius 3 is 2.32 bits per heavy atom. The molecule has 0 radical (unpaired) electrons. The standard InChI is InChI=1S/C21H18ClNO4S/c1-14-4-3-5-15(10-14)21(24)23-17-11-18(27-2)13-20(12-17)28(25,26)19-8-6-16(22)7-9-19/h3-13H,1-2H3,(H,23,24). The minimum absolute atomic E-state index is 0.00807. The Morgan fingerprint density at radius 1 is 0.964 bits per heavy atom. The number of carbonyl (C=O) groups is 1. The largest absolute Gasteiger partial charge is 0.497 e. The number of methoxy groups -OCH3 is 1. The van der Waals surface area contributed by atoms with E-state index in [2.05, 4.69) is 5.32 Å². The Morgan fingerprint density at radius 2 is 1.68 bits per heavy atom. The normalized spacial score (nSPS) is 11.1. The number of nitrogens with one attached hydrogen (secondary N) is 1. The Labute approximate surface area is 168 Å². The highest BCUT2D eigenvalue weighted by Gasteiger charge is 2.20. The average molecular weight is 416 g/mol. The fraction of sp³-hybridized carbons (Fsp3) is 0.0952. The van der Waals surface area contributed by atoms with Crippen LogP contribution >= 0.6 is 11.6 Å². The topological polar surface area (TPSA) is 72.5 Å². The first-order chi connectivity index (χ1) is 13.3. The molecule has 0 atom stereocenters. The first-order valence-corrected chi connectivity index (χ1v) is 10.2. The van der Waals surface area contributed by atoms with Gasteiger partial charge in [0.25, 0.3) is 5.91 Å². The molecule has 0 aliphatic rings. The highest BCUT2D eigenvalue weighted by atomic mass is 35.5. The molecular formula is C21H18ClNO4S. The van der Waals surface area contributed by atoms with Crippen LogP contribution in [0.1, 0.15) is 15.9 Å². The minimum Gasteiger partial charge on any atom is -0.497 e. The van der Waals surface area contributed by atoms with Gasteiger partial charge in [-0.1, -0.05) is 29.3 Å². The van der Waals surface area contributed by atoms with Crippen molar-refractivity contribution >= 4 is 33.0 Å². The number of amides is 1. The van der Waals surface area contributed by atoms with E-state index in [0.717, 1.165) is 5.56 Å². The number of rotatable bonds is 5. The van der Waals surface area contributed by atoms with Crippen LogP contribution in [0.15, 0.2) is 76.5 Å². The lowest BCUT2D eigenvalue weighted by atomic mass is 10.1. The van der Waals surface area contributed by atoms with Gasteiger partial charge in [0, 0.05) is 22.3 Å². The van der Waals surface area contributed by atoms with Gasteiger partial charge in [-0.05, 0) is 55.5 Å². The lowest BCUT2D eigenvalue weighted by molar-refractivity contribution is 0.102. The third kappa shape index (κ3) is 4.35. The van der Waals surface area contributed by atoms with Crippen LogP contribution in [-0.2, 0) is 9.84 Å². The van der Waals surface area contributed by atoms with Gasteiger partial charge in [-0.2, -0.15) is 0 Å². The van der Waals surface area contributed by atoms with E-state index in [-0.39, 0.29) is 15.7 Å². The van der Waals surface area contributed by atoms with E-state index in [1.54, 1.807) is 24.3 Å². The molecule has 0 saturated carbocycles. The predicted octanol–water partition coefficient (Wildman–Crippen LogP) is 4.74. The molecule has 0 bridgehead atoms. The molecule has 1 N–H and O–H groups in total. The van der Waals surface area contributed by atoms with E-state index in [0.29, 0.717) is 22.0 Å². The summed E-state index contributed by atoms with van der Waals surface area (Å²) in [7, 11) is -2.38. The molecule has 0 fully saturated rings. The molecule has 5 nitrogen and oxygen atoms in total. The van der Waals surface area contributed by atoms with Crippen LogP contribution in [0.2, 0.25) is 5.02 Å². The molecule has 0 aliphatic heterocycles. The zero-order valence-electron chi connectivity index (χ0n) is 15.3. The van der Waals surface area contributed by atoms with Crippen molar-refractivity contribution in [2.45, 2.75) is 16.7 Å². The second-order valence-electron chi connectivity index (χ2n) is 6.18. The molecule has 0 heterocycles. The third-order valence-electron chi connectivity index (χ3n) is 4.09. The average Bonchev–Trinajstić information content (AvgIpc) is 2.68. The van der Waals surface area contributed by atoms with Crippen LogP contribution < -0.4 is 10.1 Å². The molecule has 144 valence electrons. The predicted molar refractivity (Wildman–Crippen MR) is 109 cm³/mol. The van der Waals surface area contributed by atoms with Crippen molar-refractivity contribution in [2.75, 3.05) is 12.4 Å². The molecule has 1 amide bonds. The van der Waals surface area contributed by atoms with Gasteiger partial charge in [0.15, 0.2) is 0 Å². The maximum absolute atomic E-state index is 13.0. The minimum atomic E-state index is -3.81. The molecule has 0 saturated heterocycles. The smallest absolute Gasteiger partial charge is 0.255 e. The summed E-state index contributed by atoms with van der Waals surface area (Å²) in [6.07, 6.45) is 0. The molecule has 3 aromatic carbocycles. The van der Waals surface area contributed by atoms with Crippen LogP contribution in [0.4, 0.5) is 5.69 Å². The molecule has 3 rings (SSSR count). The van der Waals surface area contributed by atoms with Crippen molar-refractivity contribution in [2.24, 2.45) is 0 Å². The number of sulfone groups is 1. The molecule has 0 aromatic heterocycles. The fourth-order valence-electron chi connectivity index (χ4n) is 2.66. The second kappa shape index (κ2) is 8.04. The van der Waals surface area contributed by atoms with E-state index in [4.69, 9.17) is 16.3 Å². The summed E-state index contributed by atoms with van der Waals surface area (Å²) >= 11 is 5.84. The van der Waals surface area contributed by atoms with Gasteiger partial charge in [-0.25, -0.2) is 8.42 Å². The zero-order chi connectivity index (χ0) is 20.3. The zero-order valence-corrected chi connectivity index (χ0v) is 16.8. The number of hydrogen-bond donors (Lipinski definition) is 1. The number of anilines is 1. The summed E-state index contributed by atoms with van der Waals surface area (Å²) in [5.74, 6) is -0.0265. The SMILES string of the molecule is COc1cc(NC(=O)c2cccc(C)c2)cc(S(=O)(=O)c2ccc(Cl)cc2)c1. The molecule has 0 aliphatic carbocycles. The van der Waals surface area contributed by atoms with Gasteiger partial charge >= 0.3 is 0 Å². The maximum Gasteiger partial charge on any atom is 0.255 e. The van der Waals surface area contributed by atoms with Crippen molar-refractivity contribution < 1.29 is 17.9 Å². The molecule has 0 spiro atoms. The highest BCUT2D eigenvalue weighted by Crippen LogP contribution is 2.29. The number of ether oxygens (including phenoxy) is 1. The Balaban J connectivity index is 1.98. The van der Waals surface area contributed by atoms with Gasteiger partial charge in [-0.15, -0.1) is 0 Å². The van der Waals surface area contributed by atoms with Crippen molar-refractivity contribution in [3.63, 3.8) is 0 Å². The first-order valence-electron chi connectivity index (χ1n) is 8.37. The summed E-state index contributed by atoms with van der Waals surface area (Å²) in [6, 6.07) is 17.4. The lowest BCUT2D eigenvalue weighted by Gasteiger charge is -2.12. The summed E-state index contributed by atoms with van der Waals surface area (Å²) in [4.78, 5) is 12.6. The number of aryl methyl sites for hydroxylation is 1. The Kier molecular flexibility index (Phi) is 5.72. The Bertz CT molecular complexity index is 1130. The molecule has 7 heteroatoms. The van der Waals surface area contributed by atoms with Crippen molar-refractivity contribution in [3.05, 3.63) is 82.9 Å². The van der Waals surface area contributed by atoms with Crippen LogP contribution in [0, 0.1) is 6.92 Å². The van der Waals surface area contributed by atoms with Crippen LogP contribution in [0.3, 0.4) is 0 Å². The number of halogens is 1. The van der Waals surface area contributed by atoms with E-state index in [1.165, 1.54) is 43.5 Å². The van der Waals surface area contributed by atoms with Gasteiger partial charge in [0.1, 0.15) is 5.75 Å². The summed E-state index contributed by atoms with van der Waals surface area (Å²) in [5.41, 5.74) is 1.74. The molecule has 0 unspecified atom stereocenters. The van der Waals surface area contributed by atoms with E-state index < -0.39 is 9.84 Å². The van der Waals surface area contributed by atoms with Gasteiger partial charge < -0.3 is 10.1 Å². The van der Waals surface area contributed by atoms with Gasteiger partial charge in [0.2, 0.25) is 9.84 Å². The van der Waals surface area contributed by atoms with Gasteiger partial charge in [0.05, 0.1) is 16.9 Å². The molecular weight excluding hydrogens is 398 g/mol. The molecule has 28 heavy (non-hydrogen) atoms. The summed E-state index contributed by atoms with van der Waals surface area (Å²) < 4.78 is 31.1. The number of hydrogen-bond acceptors (Lipinski definition) is 4. The lowest BCUT2D eigenvalue weighted by Crippen LogP contribution is -2.13.